The molecule has 4 nitrogen and oxygen atoms in total. The van der Waals surface area contributed by atoms with Crippen LogP contribution in [0.1, 0.15) is 32.6 Å². The van der Waals surface area contributed by atoms with E-state index in [0.717, 1.165) is 11.3 Å². The Labute approximate surface area is 126 Å². The Bertz CT molecular complexity index is 499. The Morgan fingerprint density at radius 3 is 2.30 bits per heavy atom. The van der Waals surface area contributed by atoms with Gasteiger partial charge in [0.1, 0.15) is 4.21 Å². The lowest BCUT2D eigenvalue weighted by molar-refractivity contribution is 0.289. The first-order chi connectivity index (χ1) is 9.27. The molecule has 0 aromatic carbocycles. The summed E-state index contributed by atoms with van der Waals surface area (Å²) < 4.78 is 27.7. The molecule has 1 heterocycles. The lowest BCUT2D eigenvalue weighted by atomic mass is 9.86. The fourth-order valence-electron chi connectivity index (χ4n) is 2.30. The van der Waals surface area contributed by atoms with Crippen LogP contribution in [-0.2, 0) is 16.4 Å². The quantitative estimate of drug-likeness (QED) is 0.773. The standard InChI is InChI=1S/C14H26N2O2S2/c1-10(2)13(11(3)4)9-16-20(17,18)14-6-5-12(19-14)7-8-15/h5-6,10-11,13,16H,7-9,15H2,1-4H3. The molecule has 0 atom stereocenters. The highest BCUT2D eigenvalue weighted by Crippen LogP contribution is 2.23. The van der Waals surface area contributed by atoms with Crippen LogP contribution in [0.2, 0.25) is 0 Å². The molecule has 0 radical (unpaired) electrons. The molecule has 0 saturated carbocycles. The van der Waals surface area contributed by atoms with Gasteiger partial charge in [-0.1, -0.05) is 27.7 Å². The van der Waals surface area contributed by atoms with Crippen molar-refractivity contribution in [3.63, 3.8) is 0 Å². The van der Waals surface area contributed by atoms with E-state index >= 15 is 0 Å². The molecule has 116 valence electrons. The third-order valence-corrected chi connectivity index (χ3v) is 6.57. The predicted octanol–water partition coefficient (Wildman–Crippen LogP) is 2.46. The van der Waals surface area contributed by atoms with Gasteiger partial charge in [0.2, 0.25) is 10.0 Å². The maximum Gasteiger partial charge on any atom is 0.250 e. The van der Waals surface area contributed by atoms with Gasteiger partial charge in [0.05, 0.1) is 0 Å². The van der Waals surface area contributed by atoms with Crippen LogP contribution in [0.15, 0.2) is 16.3 Å². The molecule has 6 heteroatoms. The van der Waals surface area contributed by atoms with Gasteiger partial charge >= 0.3 is 0 Å². The molecule has 0 bridgehead atoms. The van der Waals surface area contributed by atoms with Crippen molar-refractivity contribution in [1.29, 1.82) is 0 Å². The highest BCUT2D eigenvalue weighted by Gasteiger charge is 2.22. The molecule has 1 aromatic heterocycles. The number of hydrogen-bond acceptors (Lipinski definition) is 4. The Kier molecular flexibility index (Phi) is 6.64. The molecule has 1 aromatic rings. The molecule has 0 spiro atoms. The molecular weight excluding hydrogens is 292 g/mol. The number of thiophene rings is 1. The molecule has 20 heavy (non-hydrogen) atoms. The first kappa shape index (κ1) is 17.6. The number of sulfonamides is 1. The van der Waals surface area contributed by atoms with Gasteiger partial charge < -0.3 is 5.73 Å². The van der Waals surface area contributed by atoms with E-state index in [9.17, 15) is 8.42 Å². The van der Waals surface area contributed by atoms with Gasteiger partial charge in [-0.25, -0.2) is 13.1 Å². The third-order valence-electron chi connectivity index (χ3n) is 3.51. The fourth-order valence-corrected chi connectivity index (χ4v) is 4.79. The predicted molar refractivity (Wildman–Crippen MR) is 85.4 cm³/mol. The maximum absolute atomic E-state index is 12.3. The van der Waals surface area contributed by atoms with E-state index in [2.05, 4.69) is 32.4 Å². The zero-order chi connectivity index (χ0) is 15.3. The minimum absolute atomic E-state index is 0.341. The van der Waals surface area contributed by atoms with Gasteiger partial charge in [-0.3, -0.25) is 0 Å². The molecule has 0 amide bonds. The lowest BCUT2D eigenvalue weighted by Crippen LogP contribution is -2.33. The van der Waals surface area contributed by atoms with E-state index in [1.165, 1.54) is 11.3 Å². The Morgan fingerprint density at radius 1 is 1.20 bits per heavy atom. The normalized spacial score (nSPS) is 12.8. The summed E-state index contributed by atoms with van der Waals surface area (Å²) in [6, 6.07) is 3.51. The Balaban J connectivity index is 2.73. The van der Waals surface area contributed by atoms with Crippen LogP contribution >= 0.6 is 11.3 Å². The van der Waals surface area contributed by atoms with Crippen LogP contribution in [0.25, 0.3) is 0 Å². The van der Waals surface area contributed by atoms with Crippen molar-refractivity contribution >= 4 is 21.4 Å². The SMILES string of the molecule is CC(C)C(CNS(=O)(=O)c1ccc(CCN)s1)C(C)C. The summed E-state index contributed by atoms with van der Waals surface area (Å²) in [6.07, 6.45) is 0.723. The molecule has 3 N–H and O–H groups in total. The Morgan fingerprint density at radius 2 is 1.80 bits per heavy atom. The van der Waals surface area contributed by atoms with Crippen LogP contribution in [0.3, 0.4) is 0 Å². The van der Waals surface area contributed by atoms with Gasteiger partial charge in [-0.2, -0.15) is 0 Å². The van der Waals surface area contributed by atoms with E-state index < -0.39 is 10.0 Å². The molecule has 0 aliphatic carbocycles. The topological polar surface area (TPSA) is 72.2 Å². The summed E-state index contributed by atoms with van der Waals surface area (Å²) in [5, 5.41) is 0. The molecular formula is C14H26N2O2S2. The van der Waals surface area contributed by atoms with E-state index in [4.69, 9.17) is 5.73 Å². The Hall–Kier alpha value is -0.430. The van der Waals surface area contributed by atoms with E-state index in [1.54, 1.807) is 6.07 Å². The average Bonchev–Trinajstić information content (AvgIpc) is 2.78. The first-order valence-corrected chi connectivity index (χ1v) is 9.36. The summed E-state index contributed by atoms with van der Waals surface area (Å²) in [7, 11) is -3.39. The smallest absolute Gasteiger partial charge is 0.250 e. The van der Waals surface area contributed by atoms with E-state index in [0.29, 0.717) is 35.1 Å². The molecule has 0 fully saturated rings. The highest BCUT2D eigenvalue weighted by molar-refractivity contribution is 7.91. The molecule has 0 unspecified atom stereocenters. The van der Waals surface area contributed by atoms with Gasteiger partial charge in [0.25, 0.3) is 0 Å². The van der Waals surface area contributed by atoms with Crippen molar-refractivity contribution < 1.29 is 8.42 Å². The number of rotatable bonds is 8. The largest absolute Gasteiger partial charge is 0.330 e. The summed E-state index contributed by atoms with van der Waals surface area (Å²) in [5.74, 6) is 1.25. The summed E-state index contributed by atoms with van der Waals surface area (Å²) >= 11 is 1.30. The van der Waals surface area contributed by atoms with Gasteiger partial charge in [-0.15, -0.1) is 11.3 Å². The monoisotopic (exact) mass is 318 g/mol. The van der Waals surface area contributed by atoms with Crippen LogP contribution in [0.5, 0.6) is 0 Å². The average molecular weight is 319 g/mol. The van der Waals surface area contributed by atoms with Crippen LogP contribution in [0.4, 0.5) is 0 Å². The van der Waals surface area contributed by atoms with Crippen molar-refractivity contribution in [1.82, 2.24) is 4.72 Å². The van der Waals surface area contributed by atoms with Gasteiger partial charge in [0.15, 0.2) is 0 Å². The minimum Gasteiger partial charge on any atom is -0.330 e. The maximum atomic E-state index is 12.3. The van der Waals surface area contributed by atoms with E-state index in [1.807, 2.05) is 6.07 Å². The zero-order valence-corrected chi connectivity index (χ0v) is 14.4. The molecule has 0 aliphatic heterocycles. The molecule has 1 rings (SSSR count). The minimum atomic E-state index is -3.39. The van der Waals surface area contributed by atoms with E-state index in [-0.39, 0.29) is 0 Å². The van der Waals surface area contributed by atoms with Crippen molar-refractivity contribution in [2.24, 2.45) is 23.5 Å². The van der Waals surface area contributed by atoms with Crippen molar-refractivity contribution in [2.45, 2.75) is 38.3 Å². The molecule has 0 saturated heterocycles. The lowest BCUT2D eigenvalue weighted by Gasteiger charge is -2.24. The van der Waals surface area contributed by atoms with Crippen LogP contribution in [0, 0.1) is 17.8 Å². The summed E-state index contributed by atoms with van der Waals surface area (Å²) in [4.78, 5) is 1.01. The fraction of sp³-hybridized carbons (Fsp3) is 0.714. The second kappa shape index (κ2) is 7.54. The van der Waals surface area contributed by atoms with Gasteiger partial charge in [0, 0.05) is 11.4 Å². The summed E-state index contributed by atoms with van der Waals surface area (Å²) in [6.45, 7) is 9.54. The van der Waals surface area contributed by atoms with Crippen LogP contribution < -0.4 is 10.5 Å². The second-order valence-corrected chi connectivity index (χ2v) is 8.93. The summed E-state index contributed by atoms with van der Waals surface area (Å²) in [5.41, 5.74) is 5.49. The van der Waals surface area contributed by atoms with Crippen molar-refractivity contribution in [3.05, 3.63) is 17.0 Å². The second-order valence-electron chi connectivity index (χ2n) is 5.76. The number of hydrogen-bond donors (Lipinski definition) is 2. The highest BCUT2D eigenvalue weighted by atomic mass is 32.2. The first-order valence-electron chi connectivity index (χ1n) is 7.06. The van der Waals surface area contributed by atoms with Crippen molar-refractivity contribution in [2.75, 3.05) is 13.1 Å². The zero-order valence-electron chi connectivity index (χ0n) is 12.7. The number of nitrogens with one attached hydrogen (secondary N) is 1. The van der Waals surface area contributed by atoms with Crippen molar-refractivity contribution in [3.8, 4) is 0 Å². The van der Waals surface area contributed by atoms with Crippen LogP contribution in [-0.4, -0.2) is 21.5 Å². The number of nitrogens with two attached hydrogens (primary N) is 1. The van der Waals surface area contributed by atoms with Gasteiger partial charge in [-0.05, 0) is 42.9 Å². The molecule has 0 aliphatic rings. The third kappa shape index (κ3) is 4.84.